The number of nitrogens with zero attached hydrogens (tertiary/aromatic N) is 2. The summed E-state index contributed by atoms with van der Waals surface area (Å²) in [4.78, 5) is 4.55. The first kappa shape index (κ1) is 14.3. The highest BCUT2D eigenvalue weighted by atomic mass is 16.5. The molecular formula is C17H23N3O. The number of piperidine rings is 1. The molecule has 0 amide bonds. The van der Waals surface area contributed by atoms with Crippen LogP contribution in [0.4, 0.5) is 0 Å². The highest BCUT2D eigenvalue weighted by molar-refractivity contribution is 5.54. The molecule has 0 aliphatic carbocycles. The summed E-state index contributed by atoms with van der Waals surface area (Å²) in [5.41, 5.74) is 2.36. The molecule has 1 aliphatic rings. The number of benzene rings is 1. The van der Waals surface area contributed by atoms with Crippen molar-refractivity contribution in [2.75, 3.05) is 13.1 Å². The van der Waals surface area contributed by atoms with Crippen LogP contribution in [0.2, 0.25) is 0 Å². The van der Waals surface area contributed by atoms with Crippen molar-refractivity contribution in [2.45, 2.75) is 39.0 Å². The number of aromatic nitrogens is 2. The van der Waals surface area contributed by atoms with E-state index in [1.807, 2.05) is 0 Å². The predicted octanol–water partition coefficient (Wildman–Crippen LogP) is 3.40. The van der Waals surface area contributed by atoms with Gasteiger partial charge in [0, 0.05) is 12.0 Å². The van der Waals surface area contributed by atoms with Crippen molar-refractivity contribution in [3.8, 4) is 11.4 Å². The monoisotopic (exact) mass is 285 g/mol. The lowest BCUT2D eigenvalue weighted by molar-refractivity contribution is 0.313. The van der Waals surface area contributed by atoms with Gasteiger partial charge in [0.2, 0.25) is 11.7 Å². The van der Waals surface area contributed by atoms with Crippen molar-refractivity contribution in [1.29, 1.82) is 0 Å². The van der Waals surface area contributed by atoms with Gasteiger partial charge >= 0.3 is 0 Å². The second-order valence-electron chi connectivity index (χ2n) is 6.19. The van der Waals surface area contributed by atoms with Gasteiger partial charge in [-0.3, -0.25) is 0 Å². The third kappa shape index (κ3) is 3.50. The summed E-state index contributed by atoms with van der Waals surface area (Å²) in [5, 5.41) is 7.50. The van der Waals surface area contributed by atoms with Gasteiger partial charge in [-0.2, -0.15) is 4.98 Å². The minimum absolute atomic E-state index is 0.541. The average Bonchev–Trinajstić information content (AvgIpc) is 2.97. The molecule has 3 rings (SSSR count). The van der Waals surface area contributed by atoms with Crippen LogP contribution in [0, 0.1) is 5.92 Å². The van der Waals surface area contributed by atoms with E-state index < -0.39 is 0 Å². The molecule has 2 aromatic rings. The zero-order chi connectivity index (χ0) is 14.7. The average molecular weight is 285 g/mol. The summed E-state index contributed by atoms with van der Waals surface area (Å²) in [5.74, 6) is 2.68. The third-order valence-electron chi connectivity index (χ3n) is 4.23. The number of rotatable bonds is 4. The van der Waals surface area contributed by atoms with Gasteiger partial charge in [-0.15, -0.1) is 0 Å². The molecule has 112 valence electrons. The van der Waals surface area contributed by atoms with Crippen LogP contribution in [-0.2, 0) is 6.42 Å². The van der Waals surface area contributed by atoms with Crippen LogP contribution in [0.1, 0.15) is 44.1 Å². The Balaban J connectivity index is 1.69. The zero-order valence-electron chi connectivity index (χ0n) is 12.8. The van der Waals surface area contributed by atoms with Crippen molar-refractivity contribution in [3.05, 3.63) is 35.7 Å². The van der Waals surface area contributed by atoms with Crippen LogP contribution < -0.4 is 5.32 Å². The zero-order valence-corrected chi connectivity index (χ0v) is 12.8. The Kier molecular flexibility index (Phi) is 4.34. The molecule has 2 heterocycles. The van der Waals surface area contributed by atoms with E-state index in [2.05, 4.69) is 53.6 Å². The predicted molar refractivity (Wildman–Crippen MR) is 83.1 cm³/mol. The largest absolute Gasteiger partial charge is 0.339 e. The van der Waals surface area contributed by atoms with Crippen LogP contribution in [0.25, 0.3) is 11.4 Å². The van der Waals surface area contributed by atoms with Crippen LogP contribution in [-0.4, -0.2) is 23.2 Å². The molecule has 4 heteroatoms. The summed E-state index contributed by atoms with van der Waals surface area (Å²) >= 11 is 0. The standard InChI is InChI=1S/C17H23N3O/c1-12(2)14-3-5-15(6-4-14)17-19-16(21-20-17)11-13-7-9-18-10-8-13/h3-6,12-13,18H,7-11H2,1-2H3. The molecule has 1 fully saturated rings. The molecule has 1 aromatic carbocycles. The first-order valence-corrected chi connectivity index (χ1v) is 7.86. The fourth-order valence-electron chi connectivity index (χ4n) is 2.80. The van der Waals surface area contributed by atoms with Crippen LogP contribution >= 0.6 is 0 Å². The van der Waals surface area contributed by atoms with Gasteiger partial charge in [0.05, 0.1) is 0 Å². The van der Waals surface area contributed by atoms with Gasteiger partial charge in [-0.05, 0) is 43.3 Å². The summed E-state index contributed by atoms with van der Waals surface area (Å²) in [7, 11) is 0. The van der Waals surface area contributed by atoms with E-state index in [0.717, 1.165) is 31.0 Å². The van der Waals surface area contributed by atoms with E-state index in [1.165, 1.54) is 18.4 Å². The Morgan fingerprint density at radius 2 is 1.90 bits per heavy atom. The molecule has 4 nitrogen and oxygen atoms in total. The lowest BCUT2D eigenvalue weighted by Gasteiger charge is -2.20. The second kappa shape index (κ2) is 6.39. The van der Waals surface area contributed by atoms with E-state index in [9.17, 15) is 0 Å². The smallest absolute Gasteiger partial charge is 0.227 e. The lowest BCUT2D eigenvalue weighted by atomic mass is 9.95. The summed E-state index contributed by atoms with van der Waals surface area (Å²) in [6, 6.07) is 8.44. The fraction of sp³-hybridized carbons (Fsp3) is 0.529. The summed E-state index contributed by atoms with van der Waals surface area (Å²) < 4.78 is 5.42. The van der Waals surface area contributed by atoms with Crippen LogP contribution in [0.15, 0.2) is 28.8 Å². The Morgan fingerprint density at radius 1 is 1.19 bits per heavy atom. The molecule has 21 heavy (non-hydrogen) atoms. The maximum atomic E-state index is 5.42. The molecular weight excluding hydrogens is 262 g/mol. The molecule has 0 unspecified atom stereocenters. The molecule has 1 N–H and O–H groups in total. The van der Waals surface area contributed by atoms with Gasteiger partial charge in [-0.25, -0.2) is 0 Å². The summed E-state index contributed by atoms with van der Waals surface area (Å²) in [6.45, 7) is 6.59. The third-order valence-corrected chi connectivity index (χ3v) is 4.23. The fourth-order valence-corrected chi connectivity index (χ4v) is 2.80. The highest BCUT2D eigenvalue weighted by Crippen LogP contribution is 2.22. The Hall–Kier alpha value is -1.68. The number of hydrogen-bond acceptors (Lipinski definition) is 4. The van der Waals surface area contributed by atoms with E-state index in [0.29, 0.717) is 17.7 Å². The Bertz CT molecular complexity index is 568. The van der Waals surface area contributed by atoms with Crippen molar-refractivity contribution in [1.82, 2.24) is 15.5 Å². The molecule has 0 atom stereocenters. The molecule has 0 radical (unpaired) electrons. The van der Waals surface area contributed by atoms with E-state index in [1.54, 1.807) is 0 Å². The van der Waals surface area contributed by atoms with E-state index >= 15 is 0 Å². The number of nitrogens with one attached hydrogen (secondary N) is 1. The van der Waals surface area contributed by atoms with Gasteiger partial charge in [-0.1, -0.05) is 43.3 Å². The topological polar surface area (TPSA) is 51.0 Å². The Labute approximate surface area is 126 Å². The first-order valence-electron chi connectivity index (χ1n) is 7.86. The minimum atomic E-state index is 0.541. The molecule has 1 aromatic heterocycles. The van der Waals surface area contributed by atoms with Crippen molar-refractivity contribution < 1.29 is 4.52 Å². The summed E-state index contributed by atoms with van der Waals surface area (Å²) in [6.07, 6.45) is 3.29. The molecule has 0 spiro atoms. The molecule has 0 bridgehead atoms. The van der Waals surface area contributed by atoms with Gasteiger partial charge in [0.1, 0.15) is 0 Å². The quantitative estimate of drug-likeness (QED) is 0.935. The highest BCUT2D eigenvalue weighted by Gasteiger charge is 2.17. The minimum Gasteiger partial charge on any atom is -0.339 e. The number of hydrogen-bond donors (Lipinski definition) is 1. The molecule has 1 aliphatic heterocycles. The molecule has 0 saturated carbocycles. The van der Waals surface area contributed by atoms with E-state index in [4.69, 9.17) is 4.52 Å². The van der Waals surface area contributed by atoms with Crippen molar-refractivity contribution in [3.63, 3.8) is 0 Å². The SMILES string of the molecule is CC(C)c1ccc(-c2noc(CC3CCNCC3)n2)cc1. The lowest BCUT2D eigenvalue weighted by Crippen LogP contribution is -2.28. The normalized spacial score (nSPS) is 16.5. The van der Waals surface area contributed by atoms with Gasteiger partial charge in [0.25, 0.3) is 0 Å². The van der Waals surface area contributed by atoms with Gasteiger partial charge < -0.3 is 9.84 Å². The van der Waals surface area contributed by atoms with E-state index in [-0.39, 0.29) is 0 Å². The van der Waals surface area contributed by atoms with Crippen LogP contribution in [0.3, 0.4) is 0 Å². The van der Waals surface area contributed by atoms with Crippen molar-refractivity contribution >= 4 is 0 Å². The first-order chi connectivity index (χ1) is 10.2. The molecule has 1 saturated heterocycles. The maximum Gasteiger partial charge on any atom is 0.227 e. The van der Waals surface area contributed by atoms with Crippen LogP contribution in [0.5, 0.6) is 0 Å². The Morgan fingerprint density at radius 3 is 2.57 bits per heavy atom. The van der Waals surface area contributed by atoms with Gasteiger partial charge in [0.15, 0.2) is 0 Å². The van der Waals surface area contributed by atoms with Crippen molar-refractivity contribution in [2.24, 2.45) is 5.92 Å². The second-order valence-corrected chi connectivity index (χ2v) is 6.19. The maximum absolute atomic E-state index is 5.42.